The van der Waals surface area contributed by atoms with Crippen LogP contribution in [0.1, 0.15) is 11.1 Å². The van der Waals surface area contributed by atoms with Crippen LogP contribution in [0.25, 0.3) is 0 Å². The molecule has 0 saturated carbocycles. The zero-order valence-corrected chi connectivity index (χ0v) is 15.7. The van der Waals surface area contributed by atoms with Gasteiger partial charge in [0.2, 0.25) is 0 Å². The van der Waals surface area contributed by atoms with E-state index in [0.29, 0.717) is 13.1 Å². The molecule has 7 heteroatoms. The molecule has 2 aliphatic rings. The zero-order chi connectivity index (χ0) is 18.1. The fourth-order valence-electron chi connectivity index (χ4n) is 3.67. The van der Waals surface area contributed by atoms with Crippen molar-refractivity contribution in [2.45, 2.75) is 13.1 Å². The largest absolute Gasteiger partial charge is 0.369 e. The van der Waals surface area contributed by atoms with Gasteiger partial charge in [-0.1, -0.05) is 36.4 Å². The molecule has 26 heavy (non-hydrogen) atoms. The van der Waals surface area contributed by atoms with Crippen molar-refractivity contribution in [2.75, 3.05) is 42.4 Å². The second kappa shape index (κ2) is 6.90. The summed E-state index contributed by atoms with van der Waals surface area (Å²) in [6.07, 6.45) is 0. The number of hydrogen-bond donors (Lipinski definition) is 1. The van der Waals surface area contributed by atoms with Crippen molar-refractivity contribution in [3.63, 3.8) is 0 Å². The minimum absolute atomic E-state index is 0.339. The highest BCUT2D eigenvalue weighted by atomic mass is 32.2. The van der Waals surface area contributed by atoms with Crippen LogP contribution in [0.3, 0.4) is 0 Å². The average molecular weight is 372 g/mol. The Bertz CT molecular complexity index is 880. The predicted molar refractivity (Wildman–Crippen MR) is 105 cm³/mol. The number of benzene rings is 2. The predicted octanol–water partition coefficient (Wildman–Crippen LogP) is 1.79. The highest BCUT2D eigenvalue weighted by Crippen LogP contribution is 2.38. The van der Waals surface area contributed by atoms with Crippen LogP contribution in [0.15, 0.2) is 48.5 Å². The van der Waals surface area contributed by atoms with Crippen molar-refractivity contribution < 1.29 is 8.42 Å². The van der Waals surface area contributed by atoms with E-state index in [0.717, 1.165) is 48.7 Å². The van der Waals surface area contributed by atoms with E-state index >= 15 is 0 Å². The molecule has 0 amide bonds. The summed E-state index contributed by atoms with van der Waals surface area (Å²) < 4.78 is 29.0. The van der Waals surface area contributed by atoms with Gasteiger partial charge in [0.1, 0.15) is 0 Å². The Kier molecular flexibility index (Phi) is 4.60. The Balaban J connectivity index is 1.78. The maximum absolute atomic E-state index is 13.0. The molecular formula is C19H24N4O2S. The first-order valence-corrected chi connectivity index (χ1v) is 10.3. The molecule has 0 aliphatic carbocycles. The van der Waals surface area contributed by atoms with Crippen LogP contribution in [0.5, 0.6) is 0 Å². The monoisotopic (exact) mass is 372 g/mol. The van der Waals surface area contributed by atoms with Gasteiger partial charge in [-0.15, -0.1) is 0 Å². The van der Waals surface area contributed by atoms with Gasteiger partial charge >= 0.3 is 10.2 Å². The molecule has 6 nitrogen and oxygen atoms in total. The molecule has 4 rings (SSSR count). The number of anilines is 2. The summed E-state index contributed by atoms with van der Waals surface area (Å²) in [5.41, 5.74) is 4.00. The summed E-state index contributed by atoms with van der Waals surface area (Å²) in [7, 11) is -1.87. The smallest absolute Gasteiger partial charge is 0.304 e. The van der Waals surface area contributed by atoms with Gasteiger partial charge in [-0.25, -0.2) is 0 Å². The van der Waals surface area contributed by atoms with Gasteiger partial charge in [-0.2, -0.15) is 12.7 Å². The topological polar surface area (TPSA) is 55.9 Å². The van der Waals surface area contributed by atoms with Crippen LogP contribution >= 0.6 is 0 Å². The Morgan fingerprint density at radius 3 is 2.38 bits per heavy atom. The van der Waals surface area contributed by atoms with Gasteiger partial charge in [-0.3, -0.25) is 4.31 Å². The summed E-state index contributed by atoms with van der Waals surface area (Å²) in [6.45, 7) is 4.52. The van der Waals surface area contributed by atoms with E-state index in [1.807, 2.05) is 42.5 Å². The Morgan fingerprint density at radius 1 is 0.962 bits per heavy atom. The summed E-state index contributed by atoms with van der Waals surface area (Å²) in [5.74, 6) is 0. The maximum Gasteiger partial charge on any atom is 0.304 e. The van der Waals surface area contributed by atoms with Crippen LogP contribution in [0.4, 0.5) is 11.4 Å². The second-order valence-corrected chi connectivity index (χ2v) is 8.73. The fraction of sp³-hybridized carbons (Fsp3) is 0.368. The van der Waals surface area contributed by atoms with Crippen molar-refractivity contribution in [3.05, 3.63) is 59.7 Å². The lowest BCUT2D eigenvalue weighted by Gasteiger charge is -2.39. The maximum atomic E-state index is 13.0. The molecule has 2 aromatic rings. The molecule has 1 N–H and O–H groups in total. The van der Waals surface area contributed by atoms with Crippen molar-refractivity contribution in [1.29, 1.82) is 0 Å². The van der Waals surface area contributed by atoms with Crippen LogP contribution in [0.2, 0.25) is 0 Å². The van der Waals surface area contributed by atoms with Crippen molar-refractivity contribution in [1.82, 2.24) is 9.62 Å². The van der Waals surface area contributed by atoms with Gasteiger partial charge in [-0.05, 0) is 17.7 Å². The zero-order valence-electron chi connectivity index (χ0n) is 14.9. The molecule has 1 saturated heterocycles. The number of rotatable bonds is 3. The number of fused-ring (bicyclic) bond motifs is 1. The molecule has 0 spiro atoms. The molecule has 138 valence electrons. The fourth-order valence-corrected chi connectivity index (χ4v) is 5.03. The van der Waals surface area contributed by atoms with Crippen LogP contribution in [0, 0.1) is 0 Å². The van der Waals surface area contributed by atoms with Gasteiger partial charge < -0.3 is 10.2 Å². The summed E-state index contributed by atoms with van der Waals surface area (Å²) in [6, 6.07) is 15.7. The van der Waals surface area contributed by atoms with Gasteiger partial charge in [0.15, 0.2) is 0 Å². The van der Waals surface area contributed by atoms with Crippen LogP contribution in [-0.2, 0) is 23.3 Å². The molecule has 0 radical (unpaired) electrons. The lowest BCUT2D eigenvalue weighted by atomic mass is 10.1. The third kappa shape index (κ3) is 3.06. The van der Waals surface area contributed by atoms with Crippen molar-refractivity contribution in [2.24, 2.45) is 0 Å². The van der Waals surface area contributed by atoms with E-state index in [-0.39, 0.29) is 0 Å². The Labute approximate surface area is 155 Å². The third-order valence-corrected chi connectivity index (χ3v) is 6.87. The van der Waals surface area contributed by atoms with Gasteiger partial charge in [0, 0.05) is 51.0 Å². The molecule has 0 unspecified atom stereocenters. The Hall–Kier alpha value is -2.09. The first kappa shape index (κ1) is 17.3. The van der Waals surface area contributed by atoms with E-state index in [1.165, 1.54) is 8.61 Å². The van der Waals surface area contributed by atoms with E-state index in [1.54, 1.807) is 7.05 Å². The first-order valence-electron chi connectivity index (χ1n) is 8.93. The summed E-state index contributed by atoms with van der Waals surface area (Å²) in [5, 5.41) is 3.37. The van der Waals surface area contributed by atoms with Crippen molar-refractivity contribution in [3.8, 4) is 0 Å². The summed E-state index contributed by atoms with van der Waals surface area (Å²) in [4.78, 5) is 2.35. The molecule has 0 bridgehead atoms. The minimum Gasteiger partial charge on any atom is -0.369 e. The van der Waals surface area contributed by atoms with E-state index in [9.17, 15) is 8.42 Å². The highest BCUT2D eigenvalue weighted by Gasteiger charge is 2.36. The minimum atomic E-state index is -3.53. The molecule has 0 atom stereocenters. The summed E-state index contributed by atoms with van der Waals surface area (Å²) >= 11 is 0. The third-order valence-electron chi connectivity index (χ3n) is 5.08. The molecule has 2 aromatic carbocycles. The molecule has 2 heterocycles. The number of hydrogen-bond acceptors (Lipinski definition) is 4. The van der Waals surface area contributed by atoms with E-state index < -0.39 is 10.2 Å². The Morgan fingerprint density at radius 2 is 1.65 bits per heavy atom. The number of nitrogens with one attached hydrogen (secondary N) is 1. The average Bonchev–Trinajstić information content (AvgIpc) is 2.67. The van der Waals surface area contributed by atoms with Crippen LogP contribution < -0.4 is 14.5 Å². The quantitative estimate of drug-likeness (QED) is 0.893. The highest BCUT2D eigenvalue weighted by molar-refractivity contribution is 7.90. The molecule has 2 aliphatic heterocycles. The molecule has 1 fully saturated rings. The second-order valence-electron chi connectivity index (χ2n) is 6.77. The van der Waals surface area contributed by atoms with Gasteiger partial charge in [0.25, 0.3) is 0 Å². The van der Waals surface area contributed by atoms with Crippen molar-refractivity contribution >= 4 is 21.6 Å². The molecular weight excluding hydrogens is 348 g/mol. The SMILES string of the molecule is CN1Cc2c(N3CCNCC3)cccc2N(Cc2ccccc2)S1(=O)=O. The lowest BCUT2D eigenvalue weighted by molar-refractivity contribution is 0.453. The number of nitrogens with zero attached hydrogens (tertiary/aromatic N) is 3. The van der Waals surface area contributed by atoms with E-state index in [4.69, 9.17) is 0 Å². The standard InChI is InChI=1S/C19H24N4O2S/c1-21-15-17-18(22-12-10-20-11-13-22)8-5-9-19(17)23(26(21,24)25)14-16-6-3-2-4-7-16/h2-9,20H,10-15H2,1H3. The first-order chi connectivity index (χ1) is 12.6. The van der Waals surface area contributed by atoms with E-state index in [2.05, 4.69) is 16.3 Å². The lowest BCUT2D eigenvalue weighted by Crippen LogP contribution is -2.47. The molecule has 0 aromatic heterocycles. The van der Waals surface area contributed by atoms with Crippen LogP contribution in [-0.4, -0.2) is 45.9 Å². The number of piperazine rings is 1. The normalized spacial score (nSPS) is 20.0. The van der Waals surface area contributed by atoms with Gasteiger partial charge in [0.05, 0.1) is 12.2 Å².